The van der Waals surface area contributed by atoms with Crippen LogP contribution in [0.5, 0.6) is 0 Å². The Kier molecular flexibility index (Phi) is 4.41. The van der Waals surface area contributed by atoms with Gasteiger partial charge in [-0.1, -0.05) is 18.2 Å². The quantitative estimate of drug-likeness (QED) is 0.899. The Morgan fingerprint density at radius 1 is 1.39 bits per heavy atom. The van der Waals surface area contributed by atoms with E-state index in [1.807, 2.05) is 0 Å². The molecule has 1 amide bonds. The van der Waals surface area contributed by atoms with Crippen molar-refractivity contribution in [3.63, 3.8) is 0 Å². The van der Waals surface area contributed by atoms with E-state index in [2.05, 4.69) is 10.3 Å². The van der Waals surface area contributed by atoms with Crippen molar-refractivity contribution in [2.45, 2.75) is 12.8 Å². The van der Waals surface area contributed by atoms with Crippen molar-refractivity contribution in [2.75, 3.05) is 6.54 Å². The summed E-state index contributed by atoms with van der Waals surface area (Å²) in [5, 5.41) is 2.77. The number of carbonyl (C=O) groups excluding carboxylic acids is 1. The highest BCUT2D eigenvalue weighted by Gasteiger charge is 2.07. The summed E-state index contributed by atoms with van der Waals surface area (Å²) < 4.78 is 13.3. The average Bonchev–Trinajstić information content (AvgIpc) is 2.85. The summed E-state index contributed by atoms with van der Waals surface area (Å²) in [6.45, 7) is 0.551. The second-order valence-corrected chi connectivity index (χ2v) is 4.81. The zero-order chi connectivity index (χ0) is 12.8. The first-order valence-corrected chi connectivity index (χ1v) is 6.51. The molecular weight excluding hydrogens is 251 g/mol. The first-order chi connectivity index (χ1) is 8.75. The monoisotopic (exact) mass is 264 g/mol. The maximum absolute atomic E-state index is 13.3. The third-order valence-corrected chi connectivity index (χ3v) is 3.33. The maximum Gasteiger partial charge on any atom is 0.224 e. The summed E-state index contributed by atoms with van der Waals surface area (Å²) in [6.07, 6.45) is 2.62. The molecule has 2 aromatic rings. The number of nitrogens with one attached hydrogen (secondary N) is 1. The lowest BCUT2D eigenvalue weighted by Gasteiger charge is -2.05. The molecule has 1 aromatic heterocycles. The van der Waals surface area contributed by atoms with E-state index in [4.69, 9.17) is 0 Å². The highest BCUT2D eigenvalue weighted by molar-refractivity contribution is 7.09. The van der Waals surface area contributed by atoms with Gasteiger partial charge in [0.15, 0.2) is 0 Å². The number of halogens is 1. The zero-order valence-corrected chi connectivity index (χ0v) is 10.5. The maximum atomic E-state index is 13.3. The van der Waals surface area contributed by atoms with Gasteiger partial charge in [-0.15, -0.1) is 11.3 Å². The number of carbonyl (C=O) groups is 1. The van der Waals surface area contributed by atoms with E-state index in [9.17, 15) is 9.18 Å². The largest absolute Gasteiger partial charge is 0.355 e. The van der Waals surface area contributed by atoms with E-state index >= 15 is 0 Å². The van der Waals surface area contributed by atoms with E-state index in [1.165, 1.54) is 6.07 Å². The van der Waals surface area contributed by atoms with Crippen LogP contribution >= 0.6 is 11.3 Å². The Balaban J connectivity index is 1.77. The van der Waals surface area contributed by atoms with Gasteiger partial charge in [0.05, 0.1) is 11.9 Å². The van der Waals surface area contributed by atoms with Crippen LogP contribution in [0.25, 0.3) is 0 Å². The second kappa shape index (κ2) is 6.26. The van der Waals surface area contributed by atoms with Crippen molar-refractivity contribution in [2.24, 2.45) is 0 Å². The van der Waals surface area contributed by atoms with E-state index in [1.54, 1.807) is 41.2 Å². The fraction of sp³-hybridized carbons (Fsp3) is 0.231. The molecule has 94 valence electrons. The van der Waals surface area contributed by atoms with E-state index in [0.717, 1.165) is 11.3 Å². The standard InChI is InChI=1S/C13H13FN2OS/c14-12-4-2-1-3-10(12)7-13(17)16-6-5-11-8-15-9-18-11/h1-4,8-9H,5-7H2,(H,16,17). The van der Waals surface area contributed by atoms with Crippen LogP contribution in [-0.2, 0) is 17.6 Å². The number of hydrogen-bond donors (Lipinski definition) is 1. The van der Waals surface area contributed by atoms with Crippen LogP contribution in [0.2, 0.25) is 0 Å². The lowest BCUT2D eigenvalue weighted by Crippen LogP contribution is -2.27. The summed E-state index contributed by atoms with van der Waals surface area (Å²) in [4.78, 5) is 16.7. The molecule has 0 fully saturated rings. The van der Waals surface area contributed by atoms with Crippen LogP contribution in [0, 0.1) is 5.82 Å². The molecule has 0 aliphatic heterocycles. The molecule has 0 bridgehead atoms. The van der Waals surface area contributed by atoms with Crippen molar-refractivity contribution in [3.8, 4) is 0 Å². The molecule has 1 heterocycles. The molecule has 18 heavy (non-hydrogen) atoms. The highest BCUT2D eigenvalue weighted by atomic mass is 32.1. The van der Waals surface area contributed by atoms with Crippen LogP contribution in [0.4, 0.5) is 4.39 Å². The van der Waals surface area contributed by atoms with Crippen molar-refractivity contribution in [3.05, 3.63) is 52.2 Å². The molecule has 0 radical (unpaired) electrons. The highest BCUT2D eigenvalue weighted by Crippen LogP contribution is 2.07. The molecule has 0 aliphatic rings. The molecule has 0 aliphatic carbocycles. The zero-order valence-electron chi connectivity index (χ0n) is 9.73. The summed E-state index contributed by atoms with van der Waals surface area (Å²) in [5.41, 5.74) is 2.18. The third kappa shape index (κ3) is 3.63. The smallest absolute Gasteiger partial charge is 0.224 e. The molecule has 0 saturated carbocycles. The van der Waals surface area contributed by atoms with Crippen molar-refractivity contribution in [1.29, 1.82) is 0 Å². The summed E-state index contributed by atoms with van der Waals surface area (Å²) >= 11 is 1.56. The van der Waals surface area contributed by atoms with Crippen LogP contribution < -0.4 is 5.32 Å². The Morgan fingerprint density at radius 3 is 2.94 bits per heavy atom. The molecule has 0 saturated heterocycles. The van der Waals surface area contributed by atoms with E-state index < -0.39 is 0 Å². The minimum atomic E-state index is -0.338. The predicted octanol–water partition coefficient (Wildman–Crippen LogP) is 2.18. The van der Waals surface area contributed by atoms with Gasteiger partial charge in [0, 0.05) is 24.0 Å². The Morgan fingerprint density at radius 2 is 2.22 bits per heavy atom. The number of hydrogen-bond acceptors (Lipinski definition) is 3. The SMILES string of the molecule is O=C(Cc1ccccc1F)NCCc1cncs1. The fourth-order valence-corrected chi connectivity index (χ4v) is 2.17. The lowest BCUT2D eigenvalue weighted by molar-refractivity contribution is -0.120. The minimum absolute atomic E-state index is 0.0787. The van der Waals surface area contributed by atoms with Gasteiger partial charge < -0.3 is 5.32 Å². The van der Waals surface area contributed by atoms with Gasteiger partial charge in [-0.3, -0.25) is 9.78 Å². The first kappa shape index (κ1) is 12.7. The van der Waals surface area contributed by atoms with Crippen LogP contribution in [-0.4, -0.2) is 17.4 Å². The molecule has 1 aromatic carbocycles. The summed E-state index contributed by atoms with van der Waals surface area (Å²) in [7, 11) is 0. The Hall–Kier alpha value is -1.75. The van der Waals surface area contributed by atoms with Gasteiger partial charge in [0.1, 0.15) is 5.82 Å². The minimum Gasteiger partial charge on any atom is -0.355 e. The topological polar surface area (TPSA) is 42.0 Å². The van der Waals surface area contributed by atoms with Crippen LogP contribution in [0.15, 0.2) is 36.0 Å². The molecular formula is C13H13FN2OS. The van der Waals surface area contributed by atoms with Crippen LogP contribution in [0.3, 0.4) is 0 Å². The van der Waals surface area contributed by atoms with Gasteiger partial charge in [0.25, 0.3) is 0 Å². The van der Waals surface area contributed by atoms with Gasteiger partial charge in [-0.25, -0.2) is 4.39 Å². The number of amides is 1. The summed E-state index contributed by atoms with van der Waals surface area (Å²) in [6, 6.07) is 6.32. The lowest BCUT2D eigenvalue weighted by atomic mass is 10.1. The normalized spacial score (nSPS) is 10.3. The number of benzene rings is 1. The molecule has 5 heteroatoms. The van der Waals surface area contributed by atoms with E-state index in [-0.39, 0.29) is 18.1 Å². The number of aromatic nitrogens is 1. The molecule has 2 rings (SSSR count). The number of thiazole rings is 1. The van der Waals surface area contributed by atoms with Crippen molar-refractivity contribution < 1.29 is 9.18 Å². The van der Waals surface area contributed by atoms with Crippen molar-refractivity contribution in [1.82, 2.24) is 10.3 Å². The van der Waals surface area contributed by atoms with Crippen LogP contribution in [0.1, 0.15) is 10.4 Å². The summed E-state index contributed by atoms with van der Waals surface area (Å²) in [5.74, 6) is -0.500. The second-order valence-electron chi connectivity index (χ2n) is 3.84. The predicted molar refractivity (Wildman–Crippen MR) is 68.9 cm³/mol. The number of rotatable bonds is 5. The fourth-order valence-electron chi connectivity index (χ4n) is 1.57. The molecule has 0 spiro atoms. The third-order valence-electron chi connectivity index (χ3n) is 2.49. The number of nitrogens with zero attached hydrogens (tertiary/aromatic N) is 1. The van der Waals surface area contributed by atoms with Crippen molar-refractivity contribution >= 4 is 17.2 Å². The molecule has 0 unspecified atom stereocenters. The Bertz CT molecular complexity index is 513. The first-order valence-electron chi connectivity index (χ1n) is 5.63. The average molecular weight is 264 g/mol. The molecule has 0 atom stereocenters. The Labute approximate surface area is 109 Å². The van der Waals surface area contributed by atoms with Gasteiger partial charge in [-0.2, -0.15) is 0 Å². The molecule has 1 N–H and O–H groups in total. The van der Waals surface area contributed by atoms with Gasteiger partial charge in [0.2, 0.25) is 5.91 Å². The van der Waals surface area contributed by atoms with E-state index in [0.29, 0.717) is 12.1 Å². The van der Waals surface area contributed by atoms with Gasteiger partial charge in [-0.05, 0) is 11.6 Å². The van der Waals surface area contributed by atoms with Gasteiger partial charge >= 0.3 is 0 Å². The molecule has 3 nitrogen and oxygen atoms in total.